The number of nitrogens with zero attached hydrogens (tertiary/aromatic N) is 1. The van der Waals surface area contributed by atoms with Gasteiger partial charge in [0.25, 0.3) is 0 Å². The molecule has 0 bridgehead atoms. The molecule has 4 nitrogen and oxygen atoms in total. The summed E-state index contributed by atoms with van der Waals surface area (Å²) in [5.41, 5.74) is 1.73. The summed E-state index contributed by atoms with van der Waals surface area (Å²) < 4.78 is 0. The number of carbonyl (C=O) groups excluding carboxylic acids is 2. The lowest BCUT2D eigenvalue weighted by atomic mass is 10.1. The Morgan fingerprint density at radius 1 is 1.03 bits per heavy atom. The molecule has 0 radical (unpaired) electrons. The second-order valence-electron chi connectivity index (χ2n) is 8.03. The molecule has 7 heteroatoms. The van der Waals surface area contributed by atoms with Gasteiger partial charge in [-0.1, -0.05) is 71.9 Å². The normalized spacial score (nSPS) is 15.0. The molecule has 1 N–H and O–H groups in total. The summed E-state index contributed by atoms with van der Waals surface area (Å²) in [7, 11) is 0. The predicted octanol–water partition coefficient (Wildman–Crippen LogP) is 6.06. The van der Waals surface area contributed by atoms with E-state index in [1.54, 1.807) is 24.0 Å². The van der Waals surface area contributed by atoms with E-state index in [9.17, 15) is 9.59 Å². The standard InChI is InChI=1S/C24H27Cl3N2O2/c1-16(24(31)28-19-7-3-4-8-19)29(15-17-10-12-21(26)22(27)14-17)23(30)13-11-18-6-2-5-9-20(18)25/h2,5-6,9-10,12,14,16,19H,3-4,7-8,11,13,15H2,1H3,(H,28,31). The number of amides is 2. The van der Waals surface area contributed by atoms with Gasteiger partial charge in [0, 0.05) is 24.0 Å². The van der Waals surface area contributed by atoms with E-state index in [0.29, 0.717) is 21.5 Å². The van der Waals surface area contributed by atoms with Gasteiger partial charge in [-0.3, -0.25) is 9.59 Å². The van der Waals surface area contributed by atoms with Gasteiger partial charge >= 0.3 is 0 Å². The highest BCUT2D eigenvalue weighted by Crippen LogP contribution is 2.25. The molecule has 1 aliphatic carbocycles. The lowest BCUT2D eigenvalue weighted by Gasteiger charge is -2.30. The van der Waals surface area contributed by atoms with Crippen LogP contribution in [0, 0.1) is 0 Å². The Hall–Kier alpha value is -1.75. The lowest BCUT2D eigenvalue weighted by molar-refractivity contribution is -0.140. The molecule has 1 aliphatic rings. The summed E-state index contributed by atoms with van der Waals surface area (Å²) in [6.45, 7) is 2.05. The molecule has 31 heavy (non-hydrogen) atoms. The van der Waals surface area contributed by atoms with Crippen molar-refractivity contribution in [2.75, 3.05) is 0 Å². The molecule has 0 spiro atoms. The highest BCUT2D eigenvalue weighted by molar-refractivity contribution is 6.42. The molecule has 2 aromatic rings. The van der Waals surface area contributed by atoms with E-state index in [1.807, 2.05) is 30.3 Å². The maximum Gasteiger partial charge on any atom is 0.242 e. The Labute approximate surface area is 198 Å². The van der Waals surface area contributed by atoms with Crippen molar-refractivity contribution in [3.8, 4) is 0 Å². The van der Waals surface area contributed by atoms with E-state index < -0.39 is 6.04 Å². The topological polar surface area (TPSA) is 49.4 Å². The number of carbonyl (C=O) groups is 2. The first-order chi connectivity index (χ1) is 14.8. The van der Waals surface area contributed by atoms with Crippen molar-refractivity contribution in [2.45, 2.75) is 64.1 Å². The Kier molecular flexibility index (Phi) is 8.65. The number of rotatable bonds is 8. The fraction of sp³-hybridized carbons (Fsp3) is 0.417. The van der Waals surface area contributed by atoms with Gasteiger partial charge < -0.3 is 10.2 Å². The van der Waals surface area contributed by atoms with Gasteiger partial charge in [-0.15, -0.1) is 0 Å². The Morgan fingerprint density at radius 3 is 2.42 bits per heavy atom. The van der Waals surface area contributed by atoms with Crippen molar-refractivity contribution in [1.82, 2.24) is 10.2 Å². The molecule has 0 heterocycles. The average molecular weight is 482 g/mol. The van der Waals surface area contributed by atoms with Gasteiger partial charge in [-0.25, -0.2) is 0 Å². The van der Waals surface area contributed by atoms with Crippen LogP contribution >= 0.6 is 34.8 Å². The van der Waals surface area contributed by atoms with Crippen molar-refractivity contribution < 1.29 is 9.59 Å². The van der Waals surface area contributed by atoms with Crippen LogP contribution < -0.4 is 5.32 Å². The fourth-order valence-electron chi connectivity index (χ4n) is 3.90. The number of hydrogen-bond acceptors (Lipinski definition) is 2. The molecule has 2 aromatic carbocycles. The number of benzene rings is 2. The number of nitrogens with one attached hydrogen (secondary N) is 1. The first-order valence-electron chi connectivity index (χ1n) is 10.6. The van der Waals surface area contributed by atoms with Crippen LogP contribution in [-0.2, 0) is 22.6 Å². The first-order valence-corrected chi connectivity index (χ1v) is 11.8. The zero-order valence-corrected chi connectivity index (χ0v) is 19.8. The largest absolute Gasteiger partial charge is 0.352 e. The lowest BCUT2D eigenvalue weighted by Crippen LogP contribution is -2.49. The SMILES string of the molecule is CC(C(=O)NC1CCCC1)N(Cc1ccc(Cl)c(Cl)c1)C(=O)CCc1ccccc1Cl. The maximum atomic E-state index is 13.2. The van der Waals surface area contributed by atoms with Gasteiger partial charge in [0.1, 0.15) is 6.04 Å². The third-order valence-corrected chi connectivity index (χ3v) is 6.88. The van der Waals surface area contributed by atoms with E-state index in [0.717, 1.165) is 36.8 Å². The molecule has 0 aliphatic heterocycles. The Morgan fingerprint density at radius 2 is 1.74 bits per heavy atom. The van der Waals surface area contributed by atoms with Crippen LogP contribution in [0.2, 0.25) is 15.1 Å². The Bertz CT molecular complexity index is 929. The van der Waals surface area contributed by atoms with Crippen LogP contribution in [0.25, 0.3) is 0 Å². The van der Waals surface area contributed by atoms with Gasteiger partial charge in [0.2, 0.25) is 11.8 Å². The van der Waals surface area contributed by atoms with Crippen molar-refractivity contribution in [3.05, 3.63) is 68.7 Å². The molecular formula is C24H27Cl3N2O2. The van der Waals surface area contributed by atoms with Crippen LogP contribution in [0.15, 0.2) is 42.5 Å². The number of aryl methyl sites for hydroxylation is 1. The fourth-order valence-corrected chi connectivity index (χ4v) is 4.45. The molecule has 166 valence electrons. The van der Waals surface area contributed by atoms with Crippen LogP contribution in [0.1, 0.15) is 50.2 Å². The van der Waals surface area contributed by atoms with Crippen LogP contribution in [0.5, 0.6) is 0 Å². The summed E-state index contributed by atoms with van der Waals surface area (Å²) in [4.78, 5) is 27.7. The second-order valence-corrected chi connectivity index (χ2v) is 9.25. The highest BCUT2D eigenvalue weighted by Gasteiger charge is 2.28. The highest BCUT2D eigenvalue weighted by atomic mass is 35.5. The van der Waals surface area contributed by atoms with E-state index in [1.165, 1.54) is 0 Å². The summed E-state index contributed by atoms with van der Waals surface area (Å²) in [5.74, 6) is -0.238. The molecule has 0 aromatic heterocycles. The quantitative estimate of drug-likeness (QED) is 0.498. The minimum Gasteiger partial charge on any atom is -0.352 e. The third kappa shape index (κ3) is 6.61. The number of halogens is 3. The molecule has 2 amide bonds. The molecule has 1 atom stereocenters. The van der Waals surface area contributed by atoms with Gasteiger partial charge in [0.15, 0.2) is 0 Å². The van der Waals surface area contributed by atoms with Crippen LogP contribution in [0.4, 0.5) is 0 Å². The molecule has 1 fully saturated rings. The van der Waals surface area contributed by atoms with Crippen molar-refractivity contribution >= 4 is 46.6 Å². The van der Waals surface area contributed by atoms with Gasteiger partial charge in [-0.05, 0) is 55.5 Å². The van der Waals surface area contributed by atoms with Gasteiger partial charge in [-0.2, -0.15) is 0 Å². The monoisotopic (exact) mass is 480 g/mol. The number of hydrogen-bond donors (Lipinski definition) is 1. The Balaban J connectivity index is 1.74. The van der Waals surface area contributed by atoms with E-state index in [-0.39, 0.29) is 30.8 Å². The van der Waals surface area contributed by atoms with Crippen molar-refractivity contribution in [3.63, 3.8) is 0 Å². The van der Waals surface area contributed by atoms with E-state index >= 15 is 0 Å². The predicted molar refractivity (Wildman–Crippen MR) is 127 cm³/mol. The zero-order chi connectivity index (χ0) is 22.4. The molecular weight excluding hydrogens is 455 g/mol. The first kappa shape index (κ1) is 23.9. The minimum absolute atomic E-state index is 0.111. The smallest absolute Gasteiger partial charge is 0.242 e. The molecule has 1 unspecified atom stereocenters. The van der Waals surface area contributed by atoms with Crippen LogP contribution in [0.3, 0.4) is 0 Å². The summed E-state index contributed by atoms with van der Waals surface area (Å²) >= 11 is 18.4. The van der Waals surface area contributed by atoms with E-state index in [2.05, 4.69) is 5.32 Å². The summed E-state index contributed by atoms with van der Waals surface area (Å²) in [6.07, 6.45) is 5.00. The van der Waals surface area contributed by atoms with Crippen molar-refractivity contribution in [2.24, 2.45) is 0 Å². The average Bonchev–Trinajstić information content (AvgIpc) is 3.26. The van der Waals surface area contributed by atoms with Crippen molar-refractivity contribution in [1.29, 1.82) is 0 Å². The minimum atomic E-state index is -0.603. The van der Waals surface area contributed by atoms with Crippen LogP contribution in [-0.4, -0.2) is 28.8 Å². The molecule has 0 saturated heterocycles. The molecule has 3 rings (SSSR count). The third-order valence-electron chi connectivity index (χ3n) is 5.77. The summed E-state index contributed by atoms with van der Waals surface area (Å²) in [6, 6.07) is 12.3. The summed E-state index contributed by atoms with van der Waals surface area (Å²) in [5, 5.41) is 4.61. The zero-order valence-electron chi connectivity index (χ0n) is 17.5. The van der Waals surface area contributed by atoms with Gasteiger partial charge in [0.05, 0.1) is 10.0 Å². The van der Waals surface area contributed by atoms with E-state index in [4.69, 9.17) is 34.8 Å². The molecule has 1 saturated carbocycles. The maximum absolute atomic E-state index is 13.2. The second kappa shape index (κ2) is 11.2.